The highest BCUT2D eigenvalue weighted by molar-refractivity contribution is 7.22. The molecule has 162 valence electrons. The number of rotatable bonds is 5. The van der Waals surface area contributed by atoms with Crippen molar-refractivity contribution in [2.75, 3.05) is 18.0 Å². The SMILES string of the molecule is O=C(NC(c1ccccc1)c1ccccc1)C1CCN(c2nc3ccc(F)cc3s2)CC1. The number of nitrogens with zero attached hydrogens (tertiary/aromatic N) is 2. The molecule has 1 aromatic heterocycles. The minimum absolute atomic E-state index is 0.0343. The van der Waals surface area contributed by atoms with E-state index >= 15 is 0 Å². The molecule has 6 heteroatoms. The van der Waals surface area contributed by atoms with Gasteiger partial charge in [-0.25, -0.2) is 9.37 Å². The van der Waals surface area contributed by atoms with Crippen LogP contribution in [0.3, 0.4) is 0 Å². The molecular formula is C26H24FN3OS. The highest BCUT2D eigenvalue weighted by Crippen LogP contribution is 2.32. The highest BCUT2D eigenvalue weighted by Gasteiger charge is 2.28. The molecule has 0 spiro atoms. The van der Waals surface area contributed by atoms with Gasteiger partial charge in [-0.1, -0.05) is 72.0 Å². The molecule has 1 amide bonds. The van der Waals surface area contributed by atoms with Crippen LogP contribution < -0.4 is 10.2 Å². The minimum Gasteiger partial charge on any atom is -0.348 e. The number of carbonyl (C=O) groups is 1. The van der Waals surface area contributed by atoms with Crippen molar-refractivity contribution in [3.8, 4) is 0 Å². The van der Waals surface area contributed by atoms with Gasteiger partial charge in [0.15, 0.2) is 5.13 Å². The van der Waals surface area contributed by atoms with Gasteiger partial charge in [0.25, 0.3) is 0 Å². The first-order valence-corrected chi connectivity index (χ1v) is 11.7. The fourth-order valence-electron chi connectivity index (χ4n) is 4.26. The van der Waals surface area contributed by atoms with Gasteiger partial charge in [-0.3, -0.25) is 4.79 Å². The van der Waals surface area contributed by atoms with E-state index in [1.54, 1.807) is 6.07 Å². The first kappa shape index (κ1) is 20.6. The van der Waals surface area contributed by atoms with Crippen LogP contribution in [0.2, 0.25) is 0 Å². The number of anilines is 1. The van der Waals surface area contributed by atoms with Crippen LogP contribution in [0.4, 0.5) is 9.52 Å². The van der Waals surface area contributed by atoms with Gasteiger partial charge < -0.3 is 10.2 Å². The molecule has 0 atom stereocenters. The maximum atomic E-state index is 13.5. The Morgan fingerprint density at radius 1 is 0.969 bits per heavy atom. The number of piperidine rings is 1. The summed E-state index contributed by atoms with van der Waals surface area (Å²) in [4.78, 5) is 20.1. The van der Waals surface area contributed by atoms with Crippen molar-refractivity contribution in [1.29, 1.82) is 0 Å². The normalized spacial score (nSPS) is 14.8. The average Bonchev–Trinajstić information content (AvgIpc) is 3.27. The Balaban J connectivity index is 1.27. The van der Waals surface area contributed by atoms with Gasteiger partial charge in [0.1, 0.15) is 5.82 Å². The number of hydrogen-bond acceptors (Lipinski definition) is 4. The van der Waals surface area contributed by atoms with Gasteiger partial charge in [0.05, 0.1) is 16.3 Å². The van der Waals surface area contributed by atoms with E-state index in [4.69, 9.17) is 0 Å². The maximum absolute atomic E-state index is 13.5. The Bertz CT molecular complexity index is 1160. The molecule has 0 aliphatic carbocycles. The fraction of sp³-hybridized carbons (Fsp3) is 0.231. The lowest BCUT2D eigenvalue weighted by atomic mass is 9.93. The van der Waals surface area contributed by atoms with Gasteiger partial charge in [0, 0.05) is 19.0 Å². The van der Waals surface area contributed by atoms with Crippen LogP contribution in [-0.2, 0) is 4.79 Å². The molecule has 0 radical (unpaired) electrons. The number of fused-ring (bicyclic) bond motifs is 1. The second-order valence-corrected chi connectivity index (χ2v) is 9.14. The molecular weight excluding hydrogens is 421 g/mol. The smallest absolute Gasteiger partial charge is 0.223 e. The number of aromatic nitrogens is 1. The Hall–Kier alpha value is -3.25. The molecule has 2 heterocycles. The van der Waals surface area contributed by atoms with E-state index in [9.17, 15) is 9.18 Å². The van der Waals surface area contributed by atoms with E-state index in [0.717, 1.165) is 52.4 Å². The molecule has 32 heavy (non-hydrogen) atoms. The Morgan fingerprint density at radius 3 is 2.22 bits per heavy atom. The summed E-state index contributed by atoms with van der Waals surface area (Å²) in [6.45, 7) is 1.53. The molecule has 0 saturated carbocycles. The molecule has 1 aliphatic rings. The average molecular weight is 446 g/mol. The summed E-state index contributed by atoms with van der Waals surface area (Å²) in [5, 5.41) is 4.19. The lowest BCUT2D eigenvalue weighted by Crippen LogP contribution is -2.41. The summed E-state index contributed by atoms with van der Waals surface area (Å²) in [6, 6.07) is 24.7. The van der Waals surface area contributed by atoms with Crippen molar-refractivity contribution in [2.45, 2.75) is 18.9 Å². The van der Waals surface area contributed by atoms with Crippen LogP contribution in [-0.4, -0.2) is 24.0 Å². The van der Waals surface area contributed by atoms with Crippen LogP contribution in [0.5, 0.6) is 0 Å². The summed E-state index contributed by atoms with van der Waals surface area (Å²) >= 11 is 1.51. The quantitative estimate of drug-likeness (QED) is 0.438. The van der Waals surface area contributed by atoms with Crippen molar-refractivity contribution in [2.24, 2.45) is 5.92 Å². The Labute approximate surface area is 190 Å². The van der Waals surface area contributed by atoms with Crippen molar-refractivity contribution >= 4 is 32.6 Å². The topological polar surface area (TPSA) is 45.2 Å². The van der Waals surface area contributed by atoms with E-state index in [1.807, 2.05) is 36.4 Å². The molecule has 4 aromatic rings. The molecule has 0 unspecified atom stereocenters. The number of thiazole rings is 1. The fourth-order valence-corrected chi connectivity index (χ4v) is 5.31. The molecule has 1 aliphatic heterocycles. The van der Waals surface area contributed by atoms with Crippen LogP contribution in [0.25, 0.3) is 10.2 Å². The second kappa shape index (κ2) is 9.09. The number of hydrogen-bond donors (Lipinski definition) is 1. The first-order valence-electron chi connectivity index (χ1n) is 10.9. The van der Waals surface area contributed by atoms with Gasteiger partial charge in [0.2, 0.25) is 5.91 Å². The van der Waals surface area contributed by atoms with Crippen molar-refractivity contribution in [1.82, 2.24) is 10.3 Å². The number of nitrogens with one attached hydrogen (secondary N) is 1. The highest BCUT2D eigenvalue weighted by atomic mass is 32.1. The minimum atomic E-state index is -0.241. The Kier molecular flexibility index (Phi) is 5.86. The zero-order chi connectivity index (χ0) is 21.9. The number of amides is 1. The van der Waals surface area contributed by atoms with Crippen molar-refractivity contribution in [3.05, 3.63) is 95.8 Å². The third kappa shape index (κ3) is 4.36. The van der Waals surface area contributed by atoms with Crippen LogP contribution in [0, 0.1) is 11.7 Å². The standard InChI is InChI=1S/C26H24FN3OS/c27-21-11-12-22-23(17-21)32-26(28-22)30-15-13-20(14-16-30)25(31)29-24(18-7-3-1-4-8-18)19-9-5-2-6-10-19/h1-12,17,20,24H,13-16H2,(H,29,31). The zero-order valence-corrected chi connectivity index (χ0v) is 18.4. The monoisotopic (exact) mass is 445 g/mol. The van der Waals surface area contributed by atoms with Crippen LogP contribution in [0.15, 0.2) is 78.9 Å². The largest absolute Gasteiger partial charge is 0.348 e. The third-order valence-corrected chi connectivity index (χ3v) is 7.11. The van der Waals surface area contributed by atoms with E-state index in [2.05, 4.69) is 39.5 Å². The van der Waals surface area contributed by atoms with Crippen LogP contribution >= 0.6 is 11.3 Å². The van der Waals surface area contributed by atoms with E-state index in [-0.39, 0.29) is 23.7 Å². The molecule has 0 bridgehead atoms. The summed E-state index contributed by atoms with van der Waals surface area (Å²) in [7, 11) is 0. The van der Waals surface area contributed by atoms with Crippen molar-refractivity contribution < 1.29 is 9.18 Å². The molecule has 1 fully saturated rings. The molecule has 5 rings (SSSR count). The molecule has 3 aromatic carbocycles. The lowest BCUT2D eigenvalue weighted by Gasteiger charge is -2.32. The van der Waals surface area contributed by atoms with Crippen LogP contribution in [0.1, 0.15) is 30.0 Å². The summed E-state index contributed by atoms with van der Waals surface area (Å²) in [6.07, 6.45) is 1.54. The summed E-state index contributed by atoms with van der Waals surface area (Å²) in [5.74, 6) is -0.184. The lowest BCUT2D eigenvalue weighted by molar-refractivity contribution is -0.126. The summed E-state index contributed by atoms with van der Waals surface area (Å²) < 4.78 is 14.4. The van der Waals surface area contributed by atoms with Gasteiger partial charge in [-0.15, -0.1) is 0 Å². The molecule has 1 N–H and O–H groups in total. The molecule has 1 saturated heterocycles. The number of carbonyl (C=O) groups excluding carboxylic acids is 1. The summed E-state index contributed by atoms with van der Waals surface area (Å²) in [5.41, 5.74) is 2.97. The Morgan fingerprint density at radius 2 is 1.59 bits per heavy atom. The second-order valence-electron chi connectivity index (χ2n) is 8.13. The van der Waals surface area contributed by atoms with Crippen molar-refractivity contribution in [3.63, 3.8) is 0 Å². The number of benzene rings is 3. The maximum Gasteiger partial charge on any atom is 0.223 e. The zero-order valence-electron chi connectivity index (χ0n) is 17.6. The predicted octanol–water partition coefficient (Wildman–Crippen LogP) is 5.56. The van der Waals surface area contributed by atoms with Gasteiger partial charge in [-0.2, -0.15) is 0 Å². The third-order valence-electron chi connectivity index (χ3n) is 6.03. The first-order chi connectivity index (χ1) is 15.7. The van der Waals surface area contributed by atoms with E-state index in [0.29, 0.717) is 0 Å². The predicted molar refractivity (Wildman–Crippen MR) is 127 cm³/mol. The van der Waals surface area contributed by atoms with Gasteiger partial charge in [-0.05, 0) is 42.2 Å². The molecule has 4 nitrogen and oxygen atoms in total. The number of halogens is 1. The van der Waals surface area contributed by atoms with E-state index < -0.39 is 0 Å². The van der Waals surface area contributed by atoms with E-state index in [1.165, 1.54) is 23.5 Å². The van der Waals surface area contributed by atoms with Gasteiger partial charge >= 0.3 is 0 Å².